The second-order valence-electron chi connectivity index (χ2n) is 9.54. The number of alkyl halides is 3. The van der Waals surface area contributed by atoms with Crippen molar-refractivity contribution in [1.29, 1.82) is 5.41 Å². The first-order chi connectivity index (χ1) is 20.8. The van der Waals surface area contributed by atoms with Gasteiger partial charge in [-0.1, -0.05) is 34.8 Å². The minimum atomic E-state index is -2.42. The standard InChI is InChI=1S/C25H32Cl3NO16/c1-9(30)36-7-16-17(39-11(3)32)19(21(42-14(6)35)23(43-16)45-24(29)25(26,27)28)44-22-20(41-13(5)34)18(40-12(4)33)15(8-37-22)38-10(2)31/h15-23,29H,7-8H2,1-6H3/t15-,16-,17-,18+,19+,20-,21-,22+,23?/m1/s1. The lowest BCUT2D eigenvalue weighted by molar-refractivity contribution is -0.344. The minimum absolute atomic E-state index is 0.464. The van der Waals surface area contributed by atoms with Crippen LogP contribution in [0.4, 0.5) is 0 Å². The largest absolute Gasteiger partial charge is 0.463 e. The molecule has 1 N–H and O–H groups in total. The highest BCUT2D eigenvalue weighted by molar-refractivity contribution is 6.76. The van der Waals surface area contributed by atoms with E-state index in [1.807, 2.05) is 0 Å². The Morgan fingerprint density at radius 2 is 1.11 bits per heavy atom. The molecule has 254 valence electrons. The van der Waals surface area contributed by atoms with Crippen molar-refractivity contribution >= 4 is 76.5 Å². The fourth-order valence-corrected chi connectivity index (χ4v) is 4.41. The van der Waals surface area contributed by atoms with Crippen LogP contribution in [0, 0.1) is 5.41 Å². The van der Waals surface area contributed by atoms with Crippen LogP contribution in [0.3, 0.4) is 0 Å². The normalized spacial score (nSPS) is 29.8. The lowest BCUT2D eigenvalue weighted by atomic mass is 9.97. The number of ether oxygens (including phenoxy) is 10. The molecule has 0 aromatic carbocycles. The summed E-state index contributed by atoms with van der Waals surface area (Å²) < 4.78 is 52.3. The SMILES string of the molecule is CC(=O)OC[C@H]1OC(OC(=N)C(Cl)(Cl)Cl)[C@H](OC(C)=O)[C@@H](O[C@@H]2OC[C@@H](OC(C)=O)[C@H](OC(C)=O)[C@H]2OC(C)=O)[C@@H]1OC(C)=O. The Morgan fingerprint density at radius 1 is 0.644 bits per heavy atom. The Hall–Kier alpha value is -2.96. The number of hydrogen-bond acceptors (Lipinski definition) is 17. The summed E-state index contributed by atoms with van der Waals surface area (Å²) >= 11 is 17.3. The van der Waals surface area contributed by atoms with Crippen LogP contribution in [-0.4, -0.2) is 114 Å². The molecule has 0 aliphatic carbocycles. The molecule has 2 saturated heterocycles. The quantitative estimate of drug-likeness (QED) is 0.110. The first-order valence-electron chi connectivity index (χ1n) is 13.0. The van der Waals surface area contributed by atoms with Crippen molar-refractivity contribution in [2.75, 3.05) is 13.2 Å². The van der Waals surface area contributed by atoms with E-state index in [1.165, 1.54) is 0 Å². The maximum absolute atomic E-state index is 12.2. The second-order valence-corrected chi connectivity index (χ2v) is 11.8. The van der Waals surface area contributed by atoms with Gasteiger partial charge in [-0.05, 0) is 0 Å². The fraction of sp³-hybridized carbons (Fsp3) is 0.720. The molecule has 0 bridgehead atoms. The zero-order chi connectivity index (χ0) is 34.2. The second kappa shape index (κ2) is 16.6. The number of carbonyl (C=O) groups excluding carboxylic acids is 6. The number of halogens is 3. The van der Waals surface area contributed by atoms with E-state index in [4.69, 9.17) is 87.6 Å². The van der Waals surface area contributed by atoms with Crippen LogP contribution in [0.5, 0.6) is 0 Å². The molecule has 9 atom stereocenters. The van der Waals surface area contributed by atoms with Gasteiger partial charge in [-0.2, -0.15) is 0 Å². The number of rotatable bonds is 10. The lowest BCUT2D eigenvalue weighted by Gasteiger charge is -2.47. The third-order valence-corrected chi connectivity index (χ3v) is 6.25. The van der Waals surface area contributed by atoms with Gasteiger partial charge in [0.05, 0.1) is 6.61 Å². The summed E-state index contributed by atoms with van der Waals surface area (Å²) in [5, 5.41) is 8.02. The zero-order valence-electron chi connectivity index (χ0n) is 24.8. The van der Waals surface area contributed by atoms with Crippen LogP contribution in [0.25, 0.3) is 0 Å². The maximum Gasteiger partial charge on any atom is 0.303 e. The van der Waals surface area contributed by atoms with E-state index in [2.05, 4.69) is 0 Å². The van der Waals surface area contributed by atoms with Crippen molar-refractivity contribution in [1.82, 2.24) is 0 Å². The molecule has 2 aliphatic heterocycles. The summed E-state index contributed by atoms with van der Waals surface area (Å²) in [4.78, 5) is 71.9. The molecule has 1 unspecified atom stereocenters. The summed E-state index contributed by atoms with van der Waals surface area (Å²) in [6, 6.07) is 0. The van der Waals surface area contributed by atoms with Gasteiger partial charge in [-0.25, -0.2) is 0 Å². The smallest absolute Gasteiger partial charge is 0.303 e. The van der Waals surface area contributed by atoms with Gasteiger partial charge in [0.15, 0.2) is 36.8 Å². The summed E-state index contributed by atoms with van der Waals surface area (Å²) in [6.07, 6.45) is -14.3. The highest BCUT2D eigenvalue weighted by atomic mass is 35.6. The monoisotopic (exact) mass is 707 g/mol. The number of carbonyl (C=O) groups is 6. The van der Waals surface area contributed by atoms with Gasteiger partial charge in [-0.15, -0.1) is 0 Å². The third kappa shape index (κ3) is 11.7. The molecule has 20 heteroatoms. The first-order valence-corrected chi connectivity index (χ1v) is 14.2. The van der Waals surface area contributed by atoms with Crippen LogP contribution in [0.15, 0.2) is 0 Å². The first kappa shape index (κ1) is 38.2. The van der Waals surface area contributed by atoms with Crippen molar-refractivity contribution in [3.63, 3.8) is 0 Å². The van der Waals surface area contributed by atoms with Gasteiger partial charge in [-0.3, -0.25) is 34.2 Å². The molecule has 0 spiro atoms. The summed E-state index contributed by atoms with van der Waals surface area (Å²) in [7, 11) is 0. The van der Waals surface area contributed by atoms with E-state index in [-0.39, 0.29) is 0 Å². The highest BCUT2D eigenvalue weighted by Crippen LogP contribution is 2.36. The summed E-state index contributed by atoms with van der Waals surface area (Å²) in [6.45, 7) is 5.21. The number of esters is 6. The molecule has 0 aromatic rings. The van der Waals surface area contributed by atoms with Gasteiger partial charge in [0, 0.05) is 41.5 Å². The van der Waals surface area contributed by atoms with Crippen molar-refractivity contribution in [3.8, 4) is 0 Å². The molecule has 0 aromatic heterocycles. The Kier molecular flexibility index (Phi) is 14.1. The Morgan fingerprint density at radius 3 is 1.58 bits per heavy atom. The van der Waals surface area contributed by atoms with Gasteiger partial charge < -0.3 is 47.4 Å². The summed E-state index contributed by atoms with van der Waals surface area (Å²) in [5.74, 6) is -6.12. The molecule has 2 heterocycles. The average Bonchev–Trinajstić information content (AvgIpc) is 2.87. The van der Waals surface area contributed by atoms with Crippen LogP contribution < -0.4 is 0 Å². The molecule has 45 heavy (non-hydrogen) atoms. The molecular formula is C25H32Cl3NO16. The van der Waals surface area contributed by atoms with E-state index in [9.17, 15) is 28.8 Å². The van der Waals surface area contributed by atoms with Crippen LogP contribution in [-0.2, 0) is 76.1 Å². The van der Waals surface area contributed by atoms with E-state index < -0.39 is 114 Å². The van der Waals surface area contributed by atoms with E-state index in [0.29, 0.717) is 0 Å². The molecule has 0 saturated carbocycles. The Balaban J connectivity index is 2.66. The van der Waals surface area contributed by atoms with E-state index in [1.54, 1.807) is 0 Å². The van der Waals surface area contributed by atoms with E-state index >= 15 is 0 Å². The lowest BCUT2D eigenvalue weighted by Crippen LogP contribution is -2.66. The molecule has 2 fully saturated rings. The van der Waals surface area contributed by atoms with Crippen molar-refractivity contribution in [3.05, 3.63) is 0 Å². The van der Waals surface area contributed by atoms with Crippen LogP contribution >= 0.6 is 34.8 Å². The highest BCUT2D eigenvalue weighted by Gasteiger charge is 2.56. The van der Waals surface area contributed by atoms with Crippen molar-refractivity contribution < 1.29 is 76.1 Å². The van der Waals surface area contributed by atoms with Gasteiger partial charge >= 0.3 is 35.8 Å². The zero-order valence-corrected chi connectivity index (χ0v) is 27.0. The average molecular weight is 709 g/mol. The van der Waals surface area contributed by atoms with E-state index in [0.717, 1.165) is 41.5 Å². The summed E-state index contributed by atoms with van der Waals surface area (Å²) in [5.41, 5.74) is 0. The predicted octanol–water partition coefficient (Wildman–Crippen LogP) is 1.04. The van der Waals surface area contributed by atoms with Crippen LogP contribution in [0.1, 0.15) is 41.5 Å². The molecule has 2 aliphatic rings. The van der Waals surface area contributed by atoms with Gasteiger partial charge in [0.25, 0.3) is 3.79 Å². The fourth-order valence-electron chi connectivity index (χ4n) is 4.28. The molecular weight excluding hydrogens is 677 g/mol. The van der Waals surface area contributed by atoms with Gasteiger partial charge in [0.2, 0.25) is 12.2 Å². The number of hydrogen-bond donors (Lipinski definition) is 1. The Labute approximate surface area is 271 Å². The van der Waals surface area contributed by atoms with Crippen molar-refractivity contribution in [2.24, 2.45) is 0 Å². The predicted molar refractivity (Wildman–Crippen MR) is 147 cm³/mol. The van der Waals surface area contributed by atoms with Crippen LogP contribution in [0.2, 0.25) is 0 Å². The molecule has 0 amide bonds. The Bertz CT molecular complexity index is 1150. The maximum atomic E-state index is 12.2. The third-order valence-electron chi connectivity index (χ3n) is 5.73. The molecule has 17 nitrogen and oxygen atoms in total. The van der Waals surface area contributed by atoms with Crippen molar-refractivity contribution in [2.45, 2.75) is 101 Å². The minimum Gasteiger partial charge on any atom is -0.463 e. The molecule has 2 rings (SSSR count). The number of nitrogens with one attached hydrogen (secondary N) is 1. The van der Waals surface area contributed by atoms with Gasteiger partial charge in [0.1, 0.15) is 18.8 Å². The topological polar surface area (TPSA) is 219 Å². The molecule has 0 radical (unpaired) electrons.